The first-order valence-corrected chi connectivity index (χ1v) is 6.94. The lowest BCUT2D eigenvalue weighted by atomic mass is 10.1. The first-order chi connectivity index (χ1) is 10.6. The molecule has 0 aliphatic rings. The highest BCUT2D eigenvalue weighted by Gasteiger charge is 2.11. The summed E-state index contributed by atoms with van der Waals surface area (Å²) in [4.78, 5) is 12.2. The number of aromatic hydroxyl groups is 1. The number of rotatable bonds is 4. The van der Waals surface area contributed by atoms with Gasteiger partial charge in [0.25, 0.3) is 5.91 Å². The molecule has 0 saturated heterocycles. The highest BCUT2D eigenvalue weighted by Crippen LogP contribution is 2.17. The summed E-state index contributed by atoms with van der Waals surface area (Å²) in [5, 5.41) is 21.2. The van der Waals surface area contributed by atoms with E-state index in [1.165, 1.54) is 18.2 Å². The Bertz CT molecular complexity index is 740. The molecule has 1 amide bonds. The Labute approximate surface area is 129 Å². The Hall–Kier alpha value is -3.06. The maximum absolute atomic E-state index is 12.2. The molecule has 2 rings (SSSR count). The number of amides is 1. The van der Waals surface area contributed by atoms with Crippen LogP contribution in [0.4, 0.5) is 5.69 Å². The van der Waals surface area contributed by atoms with Crippen molar-refractivity contribution in [3.05, 3.63) is 65.2 Å². The number of carbonyl (C=O) groups is 1. The molecule has 4 nitrogen and oxygen atoms in total. The molecule has 0 bridgehead atoms. The molecule has 0 unspecified atom stereocenters. The topological polar surface area (TPSA) is 73.1 Å². The minimum absolute atomic E-state index is 0.0107. The first-order valence-electron chi connectivity index (χ1n) is 6.94. The lowest BCUT2D eigenvalue weighted by molar-refractivity contribution is -0.112. The van der Waals surface area contributed by atoms with E-state index in [-0.39, 0.29) is 11.3 Å². The number of hydrogen-bond donors (Lipinski definition) is 2. The Morgan fingerprint density at radius 3 is 2.55 bits per heavy atom. The van der Waals surface area contributed by atoms with Crippen molar-refractivity contribution in [3.63, 3.8) is 0 Å². The molecule has 0 radical (unpaired) electrons. The second-order valence-corrected chi connectivity index (χ2v) is 4.73. The van der Waals surface area contributed by atoms with Crippen LogP contribution in [0.3, 0.4) is 0 Å². The van der Waals surface area contributed by atoms with E-state index in [4.69, 9.17) is 0 Å². The van der Waals surface area contributed by atoms with Gasteiger partial charge >= 0.3 is 0 Å². The second kappa shape index (κ2) is 7.09. The summed E-state index contributed by atoms with van der Waals surface area (Å²) in [5.41, 5.74) is 2.41. The number of anilines is 1. The minimum Gasteiger partial charge on any atom is -0.508 e. The molecule has 0 atom stereocenters. The molecule has 0 heterocycles. The highest BCUT2D eigenvalue weighted by molar-refractivity contribution is 6.09. The van der Waals surface area contributed by atoms with Gasteiger partial charge in [-0.15, -0.1) is 0 Å². The van der Waals surface area contributed by atoms with Crippen molar-refractivity contribution in [3.8, 4) is 11.8 Å². The summed E-state index contributed by atoms with van der Waals surface area (Å²) in [5.74, 6) is -0.312. The van der Waals surface area contributed by atoms with Gasteiger partial charge in [0.2, 0.25) is 0 Å². The number of nitriles is 1. The monoisotopic (exact) mass is 292 g/mol. The molecule has 0 aliphatic heterocycles. The van der Waals surface area contributed by atoms with Crippen molar-refractivity contribution in [2.75, 3.05) is 5.32 Å². The van der Waals surface area contributed by atoms with Crippen LogP contribution < -0.4 is 5.32 Å². The molecule has 0 spiro atoms. The van der Waals surface area contributed by atoms with E-state index in [1.807, 2.05) is 37.3 Å². The van der Waals surface area contributed by atoms with E-state index in [2.05, 4.69) is 5.32 Å². The van der Waals surface area contributed by atoms with Gasteiger partial charge in [-0.05, 0) is 41.8 Å². The molecule has 0 aromatic heterocycles. The molecule has 2 aromatic carbocycles. The van der Waals surface area contributed by atoms with Gasteiger partial charge in [0.15, 0.2) is 0 Å². The zero-order valence-corrected chi connectivity index (χ0v) is 12.2. The molecule has 0 aliphatic carbocycles. The molecular formula is C18H16N2O2. The number of aryl methyl sites for hydroxylation is 1. The fourth-order valence-corrected chi connectivity index (χ4v) is 2.03. The largest absolute Gasteiger partial charge is 0.508 e. The van der Waals surface area contributed by atoms with Gasteiger partial charge < -0.3 is 10.4 Å². The summed E-state index contributed by atoms with van der Waals surface area (Å²) in [6.45, 7) is 2.00. The van der Waals surface area contributed by atoms with Crippen molar-refractivity contribution in [1.82, 2.24) is 0 Å². The van der Waals surface area contributed by atoms with E-state index in [1.54, 1.807) is 12.1 Å². The van der Waals surface area contributed by atoms with Crippen LogP contribution in [0.1, 0.15) is 18.1 Å². The number of para-hydroxylation sites is 1. The van der Waals surface area contributed by atoms with Crippen molar-refractivity contribution in [2.24, 2.45) is 0 Å². The van der Waals surface area contributed by atoms with Gasteiger partial charge in [0.05, 0.1) is 0 Å². The fourth-order valence-electron chi connectivity index (χ4n) is 2.03. The van der Waals surface area contributed by atoms with E-state index < -0.39 is 5.91 Å². The van der Waals surface area contributed by atoms with Gasteiger partial charge in [-0.2, -0.15) is 5.26 Å². The SMILES string of the molecule is CCc1ccccc1NC(=O)/C(C#N)=C/c1ccc(O)cc1. The van der Waals surface area contributed by atoms with Crippen LogP contribution in [0.2, 0.25) is 0 Å². The van der Waals surface area contributed by atoms with E-state index in [0.29, 0.717) is 11.3 Å². The molecule has 110 valence electrons. The van der Waals surface area contributed by atoms with Gasteiger partial charge in [-0.1, -0.05) is 37.3 Å². The molecule has 2 aromatic rings. The molecule has 0 fully saturated rings. The Kier molecular flexibility index (Phi) is 4.94. The summed E-state index contributed by atoms with van der Waals surface area (Å²) >= 11 is 0. The van der Waals surface area contributed by atoms with Crippen LogP contribution in [-0.2, 0) is 11.2 Å². The number of phenols is 1. The number of carbonyl (C=O) groups excluding carboxylic acids is 1. The number of benzene rings is 2. The van der Waals surface area contributed by atoms with Crippen molar-refractivity contribution in [1.29, 1.82) is 5.26 Å². The standard InChI is InChI=1S/C18H16N2O2/c1-2-14-5-3-4-6-17(14)20-18(22)15(12-19)11-13-7-9-16(21)10-8-13/h3-11,21H,2H2,1H3,(H,20,22)/b15-11+. The number of nitrogens with zero attached hydrogens (tertiary/aromatic N) is 1. The predicted octanol–water partition coefficient (Wildman–Crippen LogP) is 3.50. The van der Waals surface area contributed by atoms with Crippen LogP contribution in [0.15, 0.2) is 54.1 Å². The zero-order chi connectivity index (χ0) is 15.9. The van der Waals surface area contributed by atoms with E-state index >= 15 is 0 Å². The average molecular weight is 292 g/mol. The summed E-state index contributed by atoms with van der Waals surface area (Å²) in [6, 6.07) is 15.7. The first kappa shape index (κ1) is 15.3. The van der Waals surface area contributed by atoms with Gasteiger partial charge in [0.1, 0.15) is 17.4 Å². The van der Waals surface area contributed by atoms with Crippen molar-refractivity contribution < 1.29 is 9.90 Å². The average Bonchev–Trinajstić information content (AvgIpc) is 2.54. The molecule has 2 N–H and O–H groups in total. The normalized spacial score (nSPS) is 10.8. The predicted molar refractivity (Wildman–Crippen MR) is 86.1 cm³/mol. The van der Waals surface area contributed by atoms with Gasteiger partial charge in [-0.25, -0.2) is 0 Å². The molecule has 22 heavy (non-hydrogen) atoms. The number of nitrogens with one attached hydrogen (secondary N) is 1. The van der Waals surface area contributed by atoms with Crippen LogP contribution in [0.25, 0.3) is 6.08 Å². The maximum atomic E-state index is 12.2. The van der Waals surface area contributed by atoms with Crippen LogP contribution >= 0.6 is 0 Å². The molecule has 0 saturated carbocycles. The van der Waals surface area contributed by atoms with Crippen molar-refractivity contribution in [2.45, 2.75) is 13.3 Å². The third-order valence-electron chi connectivity index (χ3n) is 3.22. The van der Waals surface area contributed by atoms with Crippen LogP contribution in [0, 0.1) is 11.3 Å². The summed E-state index contributed by atoms with van der Waals surface area (Å²) in [6.07, 6.45) is 2.28. The van der Waals surface area contributed by atoms with Crippen LogP contribution in [-0.4, -0.2) is 11.0 Å². The quantitative estimate of drug-likeness (QED) is 0.669. The zero-order valence-electron chi connectivity index (χ0n) is 12.2. The molecular weight excluding hydrogens is 276 g/mol. The highest BCUT2D eigenvalue weighted by atomic mass is 16.3. The third-order valence-corrected chi connectivity index (χ3v) is 3.22. The van der Waals surface area contributed by atoms with E-state index in [9.17, 15) is 15.2 Å². The van der Waals surface area contributed by atoms with Crippen LogP contribution in [0.5, 0.6) is 5.75 Å². The number of phenolic OH excluding ortho intramolecular Hbond substituents is 1. The van der Waals surface area contributed by atoms with Gasteiger partial charge in [0, 0.05) is 5.69 Å². The third kappa shape index (κ3) is 3.74. The maximum Gasteiger partial charge on any atom is 0.266 e. The second-order valence-electron chi connectivity index (χ2n) is 4.73. The van der Waals surface area contributed by atoms with Crippen molar-refractivity contribution >= 4 is 17.7 Å². The smallest absolute Gasteiger partial charge is 0.266 e. The summed E-state index contributed by atoms with van der Waals surface area (Å²) in [7, 11) is 0. The Morgan fingerprint density at radius 1 is 1.23 bits per heavy atom. The minimum atomic E-state index is -0.448. The Morgan fingerprint density at radius 2 is 1.91 bits per heavy atom. The number of hydrogen-bond acceptors (Lipinski definition) is 3. The lowest BCUT2D eigenvalue weighted by Crippen LogP contribution is -2.14. The summed E-state index contributed by atoms with van der Waals surface area (Å²) < 4.78 is 0. The fraction of sp³-hybridized carbons (Fsp3) is 0.111. The lowest BCUT2D eigenvalue weighted by Gasteiger charge is -2.09. The van der Waals surface area contributed by atoms with Gasteiger partial charge in [-0.3, -0.25) is 4.79 Å². The Balaban J connectivity index is 2.22. The molecule has 4 heteroatoms. The van der Waals surface area contributed by atoms with E-state index in [0.717, 1.165) is 12.0 Å².